The van der Waals surface area contributed by atoms with Crippen LogP contribution in [0.5, 0.6) is 0 Å². The van der Waals surface area contributed by atoms with Crippen molar-refractivity contribution in [2.45, 2.75) is 50.7 Å². The van der Waals surface area contributed by atoms with Crippen molar-refractivity contribution in [3.63, 3.8) is 0 Å². The molecule has 0 unspecified atom stereocenters. The van der Waals surface area contributed by atoms with Gasteiger partial charge in [-0.3, -0.25) is 24.0 Å². The lowest BCUT2D eigenvalue weighted by Gasteiger charge is -2.30. The quantitative estimate of drug-likeness (QED) is 0.223. The zero-order chi connectivity index (χ0) is 35.6. The predicted molar refractivity (Wildman–Crippen MR) is 200 cm³/mol. The lowest BCUT2D eigenvalue weighted by molar-refractivity contribution is 0.0917. The highest BCUT2D eigenvalue weighted by Crippen LogP contribution is 2.29. The van der Waals surface area contributed by atoms with E-state index in [0.717, 1.165) is 73.3 Å². The van der Waals surface area contributed by atoms with Crippen LogP contribution in [0, 0.1) is 5.82 Å². The molecule has 1 saturated carbocycles. The van der Waals surface area contributed by atoms with Crippen LogP contribution in [-0.2, 0) is 6.54 Å². The second kappa shape index (κ2) is 14.6. The van der Waals surface area contributed by atoms with E-state index in [-0.39, 0.29) is 23.0 Å². The van der Waals surface area contributed by atoms with Gasteiger partial charge in [0.25, 0.3) is 11.5 Å². The number of halogens is 1. The van der Waals surface area contributed by atoms with Gasteiger partial charge < -0.3 is 10.6 Å². The minimum absolute atomic E-state index is 0.0378. The molecule has 1 amide bonds. The first-order valence-corrected chi connectivity index (χ1v) is 18.0. The van der Waals surface area contributed by atoms with E-state index in [2.05, 4.69) is 49.8 Å². The molecule has 10 nitrogen and oxygen atoms in total. The molecule has 0 atom stereocenters. The molecule has 264 valence electrons. The standard InChI is InChI=1S/C41H40FN7O3/c42-32-23-36-38(45-25-32)48(35-8-3-7-29(21-35)28-11-9-27(10-12-28)26-47-19-4-17-43-18-20-47)41(52)49(40(36)51)34-15-13-33(14-16-34)46-39(50)37-22-30-5-1-2-6-31(30)24-44-37/h1-3,5-12,21-25,33-34,43H,4,13-20,26H2,(H,46,50). The lowest BCUT2D eigenvalue weighted by Crippen LogP contribution is -2.45. The summed E-state index contributed by atoms with van der Waals surface area (Å²) in [5, 5.41) is 8.47. The molecule has 8 rings (SSSR count). The summed E-state index contributed by atoms with van der Waals surface area (Å²) in [5.74, 6) is -0.911. The minimum Gasteiger partial charge on any atom is -0.348 e. The van der Waals surface area contributed by atoms with Crippen LogP contribution >= 0.6 is 0 Å². The molecular formula is C41H40FN7O3. The predicted octanol–water partition coefficient (Wildman–Crippen LogP) is 5.61. The van der Waals surface area contributed by atoms with Crippen LogP contribution in [0.25, 0.3) is 38.6 Å². The second-order valence-electron chi connectivity index (χ2n) is 13.8. The summed E-state index contributed by atoms with van der Waals surface area (Å²) in [6.07, 6.45) is 5.96. The Morgan fingerprint density at radius 2 is 1.63 bits per heavy atom. The van der Waals surface area contributed by atoms with Crippen molar-refractivity contribution in [2.24, 2.45) is 0 Å². The van der Waals surface area contributed by atoms with Crippen molar-refractivity contribution < 1.29 is 9.18 Å². The maximum absolute atomic E-state index is 14.6. The Labute approximate surface area is 300 Å². The van der Waals surface area contributed by atoms with Gasteiger partial charge in [-0.2, -0.15) is 0 Å². The van der Waals surface area contributed by atoms with Crippen LogP contribution in [0.3, 0.4) is 0 Å². The number of aromatic nitrogens is 4. The Morgan fingerprint density at radius 1 is 0.827 bits per heavy atom. The first kappa shape index (κ1) is 33.6. The van der Waals surface area contributed by atoms with Gasteiger partial charge >= 0.3 is 5.69 Å². The third-order valence-electron chi connectivity index (χ3n) is 10.4. The van der Waals surface area contributed by atoms with Gasteiger partial charge in [-0.1, -0.05) is 60.7 Å². The Morgan fingerprint density at radius 3 is 2.46 bits per heavy atom. The van der Waals surface area contributed by atoms with Crippen LogP contribution < -0.4 is 21.9 Å². The van der Waals surface area contributed by atoms with Crippen molar-refractivity contribution in [3.05, 3.63) is 135 Å². The Bertz CT molecular complexity index is 2370. The smallest absolute Gasteiger partial charge is 0.337 e. The third kappa shape index (κ3) is 6.89. The number of nitrogens with zero attached hydrogens (tertiary/aromatic N) is 5. The Kier molecular flexibility index (Phi) is 9.44. The number of hydrogen-bond acceptors (Lipinski definition) is 7. The van der Waals surface area contributed by atoms with E-state index in [1.807, 2.05) is 42.5 Å². The number of rotatable bonds is 7. The molecular weight excluding hydrogens is 657 g/mol. The molecule has 0 spiro atoms. The molecule has 52 heavy (non-hydrogen) atoms. The number of carbonyl (C=O) groups is 1. The van der Waals surface area contributed by atoms with Crippen molar-refractivity contribution in [2.75, 3.05) is 26.2 Å². The van der Waals surface area contributed by atoms with Crippen molar-refractivity contribution >= 4 is 27.7 Å². The summed E-state index contributed by atoms with van der Waals surface area (Å²) in [4.78, 5) is 52.4. The third-order valence-corrected chi connectivity index (χ3v) is 10.4. The van der Waals surface area contributed by atoms with E-state index in [0.29, 0.717) is 37.1 Å². The van der Waals surface area contributed by atoms with Crippen LogP contribution in [0.1, 0.15) is 54.2 Å². The monoisotopic (exact) mass is 697 g/mol. The summed E-state index contributed by atoms with van der Waals surface area (Å²) < 4.78 is 17.2. The minimum atomic E-state index is -0.652. The molecule has 11 heteroatoms. The number of benzene rings is 3. The van der Waals surface area contributed by atoms with Crippen LogP contribution in [-0.4, -0.2) is 62.1 Å². The first-order chi connectivity index (χ1) is 25.4. The summed E-state index contributed by atoms with van der Waals surface area (Å²) in [6, 6.07) is 26.1. The van der Waals surface area contributed by atoms with E-state index < -0.39 is 23.1 Å². The molecule has 6 aromatic rings. The van der Waals surface area contributed by atoms with E-state index >= 15 is 0 Å². The molecule has 2 aliphatic rings. The molecule has 0 bridgehead atoms. The SMILES string of the molecule is O=C(NC1CCC(n2c(=O)c3cc(F)cnc3n(-c3cccc(-c4ccc(CN5CCCNCC5)cc4)c3)c2=O)CC1)c1cc2ccccc2cn1. The van der Waals surface area contributed by atoms with Gasteiger partial charge in [-0.25, -0.2) is 18.7 Å². The number of amides is 1. The normalized spacial score (nSPS) is 18.3. The summed E-state index contributed by atoms with van der Waals surface area (Å²) in [7, 11) is 0. The number of hydrogen-bond donors (Lipinski definition) is 2. The van der Waals surface area contributed by atoms with Gasteiger partial charge in [0.15, 0.2) is 5.65 Å². The van der Waals surface area contributed by atoms with Crippen LogP contribution in [0.4, 0.5) is 4.39 Å². The Hall–Kier alpha value is -5.52. The van der Waals surface area contributed by atoms with Gasteiger partial charge in [0.1, 0.15) is 11.5 Å². The van der Waals surface area contributed by atoms with Gasteiger partial charge in [0.05, 0.1) is 17.3 Å². The van der Waals surface area contributed by atoms with E-state index in [1.54, 1.807) is 18.3 Å². The topological polar surface area (TPSA) is 114 Å². The molecule has 2 fully saturated rings. The highest BCUT2D eigenvalue weighted by molar-refractivity contribution is 5.96. The summed E-state index contributed by atoms with van der Waals surface area (Å²) >= 11 is 0. The van der Waals surface area contributed by atoms with Crippen LogP contribution in [0.15, 0.2) is 107 Å². The average Bonchev–Trinajstić information content (AvgIpc) is 3.45. The molecule has 3 aromatic carbocycles. The largest absolute Gasteiger partial charge is 0.348 e. The molecule has 2 N–H and O–H groups in total. The lowest BCUT2D eigenvalue weighted by atomic mass is 9.90. The molecule has 3 aromatic heterocycles. The summed E-state index contributed by atoms with van der Waals surface area (Å²) in [5.41, 5.74) is 3.02. The molecule has 0 radical (unpaired) electrons. The number of pyridine rings is 2. The van der Waals surface area contributed by atoms with Crippen molar-refractivity contribution in [1.29, 1.82) is 0 Å². The van der Waals surface area contributed by atoms with Crippen molar-refractivity contribution in [1.82, 2.24) is 34.6 Å². The zero-order valence-corrected chi connectivity index (χ0v) is 28.8. The summed E-state index contributed by atoms with van der Waals surface area (Å²) in [6.45, 7) is 5.04. The fraction of sp³-hybridized carbons (Fsp3) is 0.293. The fourth-order valence-corrected chi connectivity index (χ4v) is 7.63. The second-order valence-corrected chi connectivity index (χ2v) is 13.8. The van der Waals surface area contributed by atoms with E-state index in [4.69, 9.17) is 0 Å². The molecule has 4 heterocycles. The highest BCUT2D eigenvalue weighted by Gasteiger charge is 2.28. The van der Waals surface area contributed by atoms with E-state index in [1.165, 1.54) is 14.7 Å². The van der Waals surface area contributed by atoms with Gasteiger partial charge in [-0.15, -0.1) is 0 Å². The maximum atomic E-state index is 14.6. The van der Waals surface area contributed by atoms with Gasteiger partial charge in [0.2, 0.25) is 0 Å². The van der Waals surface area contributed by atoms with Crippen molar-refractivity contribution in [3.8, 4) is 16.8 Å². The van der Waals surface area contributed by atoms with E-state index in [9.17, 15) is 18.8 Å². The number of fused-ring (bicyclic) bond motifs is 2. The van der Waals surface area contributed by atoms with Gasteiger partial charge in [0, 0.05) is 43.3 Å². The fourth-order valence-electron chi connectivity index (χ4n) is 7.63. The maximum Gasteiger partial charge on any atom is 0.337 e. The zero-order valence-electron chi connectivity index (χ0n) is 28.8. The first-order valence-electron chi connectivity index (χ1n) is 18.0. The highest BCUT2D eigenvalue weighted by atomic mass is 19.1. The number of carbonyl (C=O) groups excluding carboxylic acids is 1. The number of nitrogens with one attached hydrogen (secondary N) is 2. The molecule has 1 aliphatic heterocycles. The Balaban J connectivity index is 1.05. The van der Waals surface area contributed by atoms with Crippen LogP contribution in [0.2, 0.25) is 0 Å². The average molecular weight is 698 g/mol. The van der Waals surface area contributed by atoms with Gasteiger partial charge in [-0.05, 0) is 91.5 Å². The molecule has 1 aliphatic carbocycles. The molecule has 1 saturated heterocycles.